The lowest BCUT2D eigenvalue weighted by molar-refractivity contribution is 0.305. The third kappa shape index (κ3) is 3.10. The number of nitrogens with zero attached hydrogens (tertiary/aromatic N) is 1. The van der Waals surface area contributed by atoms with Crippen LogP contribution in [0.4, 0.5) is 0 Å². The van der Waals surface area contributed by atoms with E-state index in [9.17, 15) is 4.79 Å². The van der Waals surface area contributed by atoms with Gasteiger partial charge in [-0.15, -0.1) is 6.58 Å². The lowest BCUT2D eigenvalue weighted by atomic mass is 10.2. The van der Waals surface area contributed by atoms with Crippen LogP contribution in [0.25, 0.3) is 0 Å². The van der Waals surface area contributed by atoms with Crippen molar-refractivity contribution in [1.82, 2.24) is 4.57 Å². The first-order valence-corrected chi connectivity index (χ1v) is 5.78. The molecular weight excluding hydrogens is 226 g/mol. The predicted molar refractivity (Wildman–Crippen MR) is 71.7 cm³/mol. The first-order valence-electron chi connectivity index (χ1n) is 5.78. The molecule has 0 saturated carbocycles. The van der Waals surface area contributed by atoms with E-state index in [1.54, 1.807) is 22.9 Å². The summed E-state index contributed by atoms with van der Waals surface area (Å²) in [5.41, 5.74) is 0.994. The van der Waals surface area contributed by atoms with E-state index in [0.29, 0.717) is 18.9 Å². The number of hydrogen-bond acceptors (Lipinski definition) is 2. The van der Waals surface area contributed by atoms with E-state index in [1.165, 1.54) is 6.07 Å². The Kier molecular flexibility index (Phi) is 3.97. The molecule has 1 aromatic carbocycles. The van der Waals surface area contributed by atoms with Crippen molar-refractivity contribution >= 4 is 0 Å². The van der Waals surface area contributed by atoms with Crippen LogP contribution in [0.3, 0.4) is 0 Å². The molecule has 1 aromatic heterocycles. The van der Waals surface area contributed by atoms with E-state index in [-0.39, 0.29) is 5.56 Å². The number of pyridine rings is 1. The highest BCUT2D eigenvalue weighted by atomic mass is 16.5. The molecule has 0 saturated heterocycles. The predicted octanol–water partition coefficient (Wildman–Crippen LogP) is 2.61. The fraction of sp³-hybridized carbons (Fsp3) is 0.133. The van der Waals surface area contributed by atoms with Crippen LogP contribution in [0.5, 0.6) is 5.75 Å². The summed E-state index contributed by atoms with van der Waals surface area (Å²) in [6.07, 6.45) is 3.40. The molecule has 0 fully saturated rings. The van der Waals surface area contributed by atoms with Gasteiger partial charge in [0.2, 0.25) is 0 Å². The van der Waals surface area contributed by atoms with Gasteiger partial charge in [-0.05, 0) is 11.6 Å². The number of benzene rings is 1. The van der Waals surface area contributed by atoms with Crippen LogP contribution in [-0.2, 0) is 13.2 Å². The Labute approximate surface area is 106 Å². The molecule has 18 heavy (non-hydrogen) atoms. The summed E-state index contributed by atoms with van der Waals surface area (Å²) in [5.74, 6) is 0.587. The van der Waals surface area contributed by atoms with Crippen LogP contribution in [0.2, 0.25) is 0 Å². The maximum atomic E-state index is 11.7. The summed E-state index contributed by atoms with van der Waals surface area (Å²) in [4.78, 5) is 11.7. The first-order chi connectivity index (χ1) is 8.79. The summed E-state index contributed by atoms with van der Waals surface area (Å²) in [7, 11) is 0. The van der Waals surface area contributed by atoms with Gasteiger partial charge in [-0.25, -0.2) is 0 Å². The summed E-state index contributed by atoms with van der Waals surface area (Å²) in [6.45, 7) is 4.58. The Hall–Kier alpha value is -2.29. The zero-order chi connectivity index (χ0) is 12.8. The molecule has 0 aliphatic heterocycles. The second-order valence-corrected chi connectivity index (χ2v) is 3.92. The van der Waals surface area contributed by atoms with Gasteiger partial charge in [-0.1, -0.05) is 36.4 Å². The Balaban J connectivity index is 2.04. The Morgan fingerprint density at radius 2 is 2.00 bits per heavy atom. The maximum Gasteiger partial charge on any atom is 0.254 e. The van der Waals surface area contributed by atoms with Gasteiger partial charge in [0.15, 0.2) is 0 Å². The molecule has 0 unspecified atom stereocenters. The van der Waals surface area contributed by atoms with Crippen LogP contribution in [0, 0.1) is 0 Å². The van der Waals surface area contributed by atoms with Crippen molar-refractivity contribution < 1.29 is 4.74 Å². The summed E-state index contributed by atoms with van der Waals surface area (Å²) in [5, 5.41) is 0. The molecule has 0 aliphatic carbocycles. The number of ether oxygens (including phenoxy) is 1. The number of aromatic nitrogens is 1. The molecule has 0 spiro atoms. The zero-order valence-corrected chi connectivity index (χ0v) is 10.1. The SMILES string of the molecule is C=CCn1ccc(OCc2ccccc2)cc1=O. The minimum atomic E-state index is -0.0829. The monoisotopic (exact) mass is 241 g/mol. The molecule has 1 heterocycles. The quantitative estimate of drug-likeness (QED) is 0.753. The Bertz CT molecular complexity index is 573. The average Bonchev–Trinajstić information content (AvgIpc) is 2.41. The molecule has 0 bridgehead atoms. The van der Waals surface area contributed by atoms with E-state index in [2.05, 4.69) is 6.58 Å². The highest BCUT2D eigenvalue weighted by molar-refractivity contribution is 5.20. The molecule has 0 N–H and O–H groups in total. The van der Waals surface area contributed by atoms with E-state index in [1.807, 2.05) is 30.3 Å². The van der Waals surface area contributed by atoms with Gasteiger partial charge in [0.25, 0.3) is 5.56 Å². The van der Waals surface area contributed by atoms with Crippen molar-refractivity contribution in [2.45, 2.75) is 13.2 Å². The third-order valence-corrected chi connectivity index (χ3v) is 2.54. The van der Waals surface area contributed by atoms with Crippen molar-refractivity contribution in [3.8, 4) is 5.75 Å². The molecule has 2 aromatic rings. The first kappa shape index (κ1) is 12.2. The Morgan fingerprint density at radius 1 is 1.22 bits per heavy atom. The van der Waals surface area contributed by atoms with Gasteiger partial charge in [-0.2, -0.15) is 0 Å². The Morgan fingerprint density at radius 3 is 2.67 bits per heavy atom. The van der Waals surface area contributed by atoms with Crippen LogP contribution in [0.15, 0.2) is 66.1 Å². The van der Waals surface area contributed by atoms with Gasteiger partial charge >= 0.3 is 0 Å². The highest BCUT2D eigenvalue weighted by Gasteiger charge is 1.99. The molecule has 0 atom stereocenters. The second kappa shape index (κ2) is 5.87. The lowest BCUT2D eigenvalue weighted by Crippen LogP contribution is -2.17. The molecule has 2 rings (SSSR count). The van der Waals surface area contributed by atoms with E-state index in [4.69, 9.17) is 4.74 Å². The van der Waals surface area contributed by atoms with Crippen molar-refractivity contribution in [3.63, 3.8) is 0 Å². The summed E-state index contributed by atoms with van der Waals surface area (Å²) in [6, 6.07) is 13.1. The van der Waals surface area contributed by atoms with Crippen LogP contribution in [0.1, 0.15) is 5.56 Å². The van der Waals surface area contributed by atoms with E-state index in [0.717, 1.165) is 5.56 Å². The molecule has 92 valence electrons. The van der Waals surface area contributed by atoms with Gasteiger partial charge < -0.3 is 9.30 Å². The normalized spacial score (nSPS) is 10.0. The van der Waals surface area contributed by atoms with E-state index >= 15 is 0 Å². The number of rotatable bonds is 5. The standard InChI is InChI=1S/C15H15NO2/c1-2-9-16-10-8-14(11-15(16)17)18-12-13-6-4-3-5-7-13/h2-8,10-11H,1,9,12H2. The molecular formula is C15H15NO2. The molecule has 3 nitrogen and oxygen atoms in total. The highest BCUT2D eigenvalue weighted by Crippen LogP contribution is 2.09. The largest absolute Gasteiger partial charge is 0.489 e. The molecule has 0 amide bonds. The zero-order valence-electron chi connectivity index (χ0n) is 10.1. The second-order valence-electron chi connectivity index (χ2n) is 3.92. The van der Waals surface area contributed by atoms with Crippen molar-refractivity contribution in [2.75, 3.05) is 0 Å². The van der Waals surface area contributed by atoms with Crippen LogP contribution < -0.4 is 10.3 Å². The summed E-state index contributed by atoms with van der Waals surface area (Å²) < 4.78 is 7.14. The minimum absolute atomic E-state index is 0.0829. The van der Waals surface area contributed by atoms with Crippen molar-refractivity contribution in [2.24, 2.45) is 0 Å². The van der Waals surface area contributed by atoms with Gasteiger partial charge in [0.1, 0.15) is 12.4 Å². The fourth-order valence-electron chi connectivity index (χ4n) is 1.61. The number of allylic oxidation sites excluding steroid dienone is 1. The third-order valence-electron chi connectivity index (χ3n) is 2.54. The molecule has 0 radical (unpaired) electrons. The van der Waals surface area contributed by atoms with E-state index < -0.39 is 0 Å². The average molecular weight is 241 g/mol. The molecule has 3 heteroatoms. The van der Waals surface area contributed by atoms with Crippen molar-refractivity contribution in [3.05, 3.63) is 77.2 Å². The number of hydrogen-bond donors (Lipinski definition) is 0. The van der Waals surface area contributed by atoms with Gasteiger partial charge in [0.05, 0.1) is 0 Å². The van der Waals surface area contributed by atoms with Gasteiger partial charge in [-0.3, -0.25) is 4.79 Å². The topological polar surface area (TPSA) is 31.2 Å². The van der Waals surface area contributed by atoms with Crippen LogP contribution in [-0.4, -0.2) is 4.57 Å². The van der Waals surface area contributed by atoms with Crippen LogP contribution >= 0.6 is 0 Å². The van der Waals surface area contributed by atoms with Crippen molar-refractivity contribution in [1.29, 1.82) is 0 Å². The minimum Gasteiger partial charge on any atom is -0.489 e. The smallest absolute Gasteiger partial charge is 0.254 e. The summed E-state index contributed by atoms with van der Waals surface area (Å²) >= 11 is 0. The molecule has 0 aliphatic rings. The van der Waals surface area contributed by atoms with Gasteiger partial charge in [0, 0.05) is 18.8 Å². The maximum absolute atomic E-state index is 11.7. The fourth-order valence-corrected chi connectivity index (χ4v) is 1.61. The lowest BCUT2D eigenvalue weighted by Gasteiger charge is -2.07.